The highest BCUT2D eigenvalue weighted by molar-refractivity contribution is 5.67. The highest BCUT2D eigenvalue weighted by atomic mass is 16.6. The molecule has 130 valence electrons. The van der Waals surface area contributed by atoms with Crippen molar-refractivity contribution in [2.75, 3.05) is 13.2 Å². The maximum absolute atomic E-state index is 11.6. The number of hydrogen-bond donors (Lipinski definition) is 2. The van der Waals surface area contributed by atoms with E-state index in [2.05, 4.69) is 24.4 Å². The molecule has 1 aromatic rings. The molecule has 0 radical (unpaired) electrons. The van der Waals surface area contributed by atoms with E-state index in [-0.39, 0.29) is 18.1 Å². The Bertz CT molecular complexity index is 461. The molecule has 0 heterocycles. The standard InChI is InChI=1S/C19H31NO3/c1-5-19(15-21,14-16-10-7-6-8-11-16)12-9-13-20-17(22)23-18(2,3)4/h6-8,10-11,21H,5,9,12-15H2,1-4H3,(H,20,22)/t19-/m0/s1. The third-order valence-corrected chi connectivity index (χ3v) is 4.06. The lowest BCUT2D eigenvalue weighted by molar-refractivity contribution is 0.0520. The van der Waals surface area contributed by atoms with Crippen LogP contribution in [0.5, 0.6) is 0 Å². The van der Waals surface area contributed by atoms with Crippen LogP contribution in [-0.4, -0.2) is 30.0 Å². The maximum atomic E-state index is 11.6. The first-order chi connectivity index (χ1) is 10.8. The first-order valence-corrected chi connectivity index (χ1v) is 8.42. The fourth-order valence-corrected chi connectivity index (χ4v) is 2.63. The zero-order valence-electron chi connectivity index (χ0n) is 14.9. The Labute approximate surface area is 140 Å². The molecule has 1 rings (SSSR count). The maximum Gasteiger partial charge on any atom is 0.407 e. The molecular weight excluding hydrogens is 290 g/mol. The van der Waals surface area contributed by atoms with Crippen LogP contribution in [0, 0.1) is 5.41 Å². The summed E-state index contributed by atoms with van der Waals surface area (Å²) in [6.07, 6.45) is 3.06. The summed E-state index contributed by atoms with van der Waals surface area (Å²) in [4.78, 5) is 11.6. The number of alkyl carbamates (subject to hydrolysis) is 1. The number of carbonyl (C=O) groups excluding carboxylic acids is 1. The van der Waals surface area contributed by atoms with Gasteiger partial charge in [-0.05, 0) is 57.4 Å². The molecule has 0 aromatic heterocycles. The minimum Gasteiger partial charge on any atom is -0.444 e. The molecule has 0 saturated carbocycles. The monoisotopic (exact) mass is 321 g/mol. The smallest absolute Gasteiger partial charge is 0.407 e. The number of rotatable bonds is 8. The van der Waals surface area contributed by atoms with Crippen LogP contribution < -0.4 is 5.32 Å². The lowest BCUT2D eigenvalue weighted by Gasteiger charge is -2.31. The number of hydrogen-bond acceptors (Lipinski definition) is 3. The van der Waals surface area contributed by atoms with Crippen LogP contribution >= 0.6 is 0 Å². The normalized spacial score (nSPS) is 14.1. The van der Waals surface area contributed by atoms with Gasteiger partial charge in [0.25, 0.3) is 0 Å². The van der Waals surface area contributed by atoms with E-state index in [0.717, 1.165) is 25.7 Å². The summed E-state index contributed by atoms with van der Waals surface area (Å²) in [5.41, 5.74) is 0.635. The zero-order chi connectivity index (χ0) is 17.3. The molecule has 4 nitrogen and oxygen atoms in total. The van der Waals surface area contributed by atoms with E-state index < -0.39 is 5.60 Å². The molecule has 23 heavy (non-hydrogen) atoms. The SMILES string of the molecule is CC[C@](CO)(CCCNC(=O)OC(C)(C)C)Cc1ccccc1. The minimum atomic E-state index is -0.477. The van der Waals surface area contributed by atoms with Crippen LogP contribution in [0.3, 0.4) is 0 Å². The third kappa shape index (κ3) is 7.51. The number of amides is 1. The van der Waals surface area contributed by atoms with Gasteiger partial charge in [-0.1, -0.05) is 37.3 Å². The van der Waals surface area contributed by atoms with E-state index in [9.17, 15) is 9.90 Å². The fraction of sp³-hybridized carbons (Fsp3) is 0.632. The van der Waals surface area contributed by atoms with Gasteiger partial charge < -0.3 is 15.2 Å². The van der Waals surface area contributed by atoms with Crippen molar-refractivity contribution in [3.63, 3.8) is 0 Å². The molecule has 1 aromatic carbocycles. The molecule has 0 saturated heterocycles. The first kappa shape index (κ1) is 19.5. The Morgan fingerprint density at radius 2 is 1.87 bits per heavy atom. The van der Waals surface area contributed by atoms with Gasteiger partial charge in [0.2, 0.25) is 0 Å². The Morgan fingerprint density at radius 1 is 1.22 bits per heavy atom. The van der Waals surface area contributed by atoms with E-state index in [1.54, 1.807) is 0 Å². The van der Waals surface area contributed by atoms with Crippen molar-refractivity contribution in [3.05, 3.63) is 35.9 Å². The van der Waals surface area contributed by atoms with E-state index >= 15 is 0 Å². The fourth-order valence-electron chi connectivity index (χ4n) is 2.63. The quantitative estimate of drug-likeness (QED) is 0.713. The lowest BCUT2D eigenvalue weighted by Crippen LogP contribution is -2.34. The summed E-state index contributed by atoms with van der Waals surface area (Å²) >= 11 is 0. The molecule has 4 heteroatoms. The van der Waals surface area contributed by atoms with Crippen LogP contribution in [0.1, 0.15) is 52.5 Å². The first-order valence-electron chi connectivity index (χ1n) is 8.42. The van der Waals surface area contributed by atoms with Crippen molar-refractivity contribution in [1.82, 2.24) is 5.32 Å². The van der Waals surface area contributed by atoms with Gasteiger partial charge in [-0.3, -0.25) is 0 Å². The van der Waals surface area contributed by atoms with Gasteiger partial charge in [0, 0.05) is 13.2 Å². The number of benzene rings is 1. The van der Waals surface area contributed by atoms with Crippen molar-refractivity contribution in [2.45, 2.75) is 59.0 Å². The molecule has 0 spiro atoms. The van der Waals surface area contributed by atoms with Crippen LogP contribution in [0.15, 0.2) is 30.3 Å². The van der Waals surface area contributed by atoms with Gasteiger partial charge in [-0.2, -0.15) is 0 Å². The van der Waals surface area contributed by atoms with Crippen molar-refractivity contribution in [3.8, 4) is 0 Å². The average Bonchev–Trinajstić information content (AvgIpc) is 2.50. The summed E-state index contributed by atoms with van der Waals surface area (Å²) in [6.45, 7) is 8.37. The highest BCUT2D eigenvalue weighted by Crippen LogP contribution is 2.31. The second-order valence-corrected chi connectivity index (χ2v) is 7.21. The van der Waals surface area contributed by atoms with Crippen molar-refractivity contribution in [2.24, 2.45) is 5.41 Å². The van der Waals surface area contributed by atoms with E-state index in [0.29, 0.717) is 6.54 Å². The molecule has 0 aliphatic heterocycles. The predicted molar refractivity (Wildman–Crippen MR) is 93.4 cm³/mol. The van der Waals surface area contributed by atoms with Gasteiger partial charge in [0.15, 0.2) is 0 Å². The Hall–Kier alpha value is -1.55. The number of carbonyl (C=O) groups is 1. The summed E-state index contributed by atoms with van der Waals surface area (Å²) in [6, 6.07) is 10.2. The van der Waals surface area contributed by atoms with E-state index in [1.165, 1.54) is 5.56 Å². The van der Waals surface area contributed by atoms with E-state index in [1.807, 2.05) is 39.0 Å². The average molecular weight is 321 g/mol. The summed E-state index contributed by atoms with van der Waals surface area (Å²) in [5.74, 6) is 0. The Balaban J connectivity index is 2.46. The molecule has 0 aliphatic rings. The predicted octanol–water partition coefficient (Wildman–Crippen LogP) is 3.92. The van der Waals surface area contributed by atoms with Crippen LogP contribution in [-0.2, 0) is 11.2 Å². The Kier molecular flexibility index (Phi) is 7.56. The second-order valence-electron chi connectivity index (χ2n) is 7.21. The van der Waals surface area contributed by atoms with Crippen LogP contribution in [0.4, 0.5) is 4.79 Å². The molecule has 0 unspecified atom stereocenters. The van der Waals surface area contributed by atoms with Gasteiger partial charge in [0.05, 0.1) is 0 Å². The molecule has 0 aliphatic carbocycles. The van der Waals surface area contributed by atoms with Crippen LogP contribution in [0.2, 0.25) is 0 Å². The zero-order valence-corrected chi connectivity index (χ0v) is 14.9. The van der Waals surface area contributed by atoms with Crippen LogP contribution in [0.25, 0.3) is 0 Å². The molecule has 0 bridgehead atoms. The summed E-state index contributed by atoms with van der Waals surface area (Å²) in [7, 11) is 0. The molecule has 1 amide bonds. The van der Waals surface area contributed by atoms with Gasteiger partial charge in [-0.25, -0.2) is 4.79 Å². The Morgan fingerprint density at radius 3 is 2.39 bits per heavy atom. The van der Waals surface area contributed by atoms with E-state index in [4.69, 9.17) is 4.74 Å². The van der Waals surface area contributed by atoms with Gasteiger partial charge in [0.1, 0.15) is 5.60 Å². The third-order valence-electron chi connectivity index (χ3n) is 4.06. The van der Waals surface area contributed by atoms with Gasteiger partial charge in [-0.15, -0.1) is 0 Å². The van der Waals surface area contributed by atoms with Gasteiger partial charge >= 0.3 is 6.09 Å². The number of nitrogens with one attached hydrogen (secondary N) is 1. The van der Waals surface area contributed by atoms with Crippen molar-refractivity contribution < 1.29 is 14.6 Å². The summed E-state index contributed by atoms with van der Waals surface area (Å²) < 4.78 is 5.22. The minimum absolute atomic E-state index is 0.128. The topological polar surface area (TPSA) is 58.6 Å². The molecule has 0 fully saturated rings. The second kappa shape index (κ2) is 8.92. The molecule has 1 atom stereocenters. The van der Waals surface area contributed by atoms with Crippen molar-refractivity contribution in [1.29, 1.82) is 0 Å². The molecule has 2 N–H and O–H groups in total. The van der Waals surface area contributed by atoms with Crippen molar-refractivity contribution >= 4 is 6.09 Å². The number of aliphatic hydroxyl groups is 1. The lowest BCUT2D eigenvalue weighted by atomic mass is 9.76. The molecular formula is C19H31NO3. The highest BCUT2D eigenvalue weighted by Gasteiger charge is 2.27. The number of aliphatic hydroxyl groups excluding tert-OH is 1. The largest absolute Gasteiger partial charge is 0.444 e. The summed E-state index contributed by atoms with van der Waals surface area (Å²) in [5, 5.41) is 12.7. The number of ether oxygens (including phenoxy) is 1.